The Morgan fingerprint density at radius 1 is 1.06 bits per heavy atom. The fourth-order valence-corrected chi connectivity index (χ4v) is 4.57. The molecular formula is C23H35N5O4. The molecule has 0 saturated carbocycles. The number of pyridine rings is 1. The monoisotopic (exact) mass is 445 g/mol. The van der Waals surface area contributed by atoms with E-state index in [9.17, 15) is 19.5 Å². The molecule has 2 N–H and O–H groups in total. The highest BCUT2D eigenvalue weighted by atomic mass is 16.4. The predicted molar refractivity (Wildman–Crippen MR) is 121 cm³/mol. The summed E-state index contributed by atoms with van der Waals surface area (Å²) in [5, 5.41) is 11.8. The second-order valence-corrected chi connectivity index (χ2v) is 8.68. The Kier molecular flexibility index (Phi) is 8.70. The molecule has 2 aliphatic heterocycles. The van der Waals surface area contributed by atoms with E-state index in [2.05, 4.69) is 22.1 Å². The summed E-state index contributed by atoms with van der Waals surface area (Å²) >= 11 is 0. The summed E-state index contributed by atoms with van der Waals surface area (Å²) in [7, 11) is 0. The van der Waals surface area contributed by atoms with E-state index in [1.54, 1.807) is 17.3 Å². The van der Waals surface area contributed by atoms with Gasteiger partial charge in [-0.2, -0.15) is 0 Å². The first-order chi connectivity index (χ1) is 15.5. The van der Waals surface area contributed by atoms with Crippen LogP contribution in [0.3, 0.4) is 0 Å². The van der Waals surface area contributed by atoms with Crippen LogP contribution >= 0.6 is 0 Å². The Morgan fingerprint density at radius 3 is 2.31 bits per heavy atom. The second kappa shape index (κ2) is 11.7. The lowest BCUT2D eigenvalue weighted by Crippen LogP contribution is -2.55. The summed E-state index contributed by atoms with van der Waals surface area (Å²) < 4.78 is 0. The van der Waals surface area contributed by atoms with Gasteiger partial charge >= 0.3 is 6.09 Å². The highest BCUT2D eigenvalue weighted by molar-refractivity contribution is 5.85. The van der Waals surface area contributed by atoms with E-state index in [1.165, 1.54) is 0 Å². The maximum absolute atomic E-state index is 13.1. The summed E-state index contributed by atoms with van der Waals surface area (Å²) in [6.45, 7) is 5.97. The van der Waals surface area contributed by atoms with Gasteiger partial charge in [0.1, 0.15) is 6.04 Å². The number of anilines is 1. The van der Waals surface area contributed by atoms with Crippen molar-refractivity contribution in [3.05, 3.63) is 24.5 Å². The number of nitrogens with zero attached hydrogens (tertiary/aromatic N) is 4. The first-order valence-corrected chi connectivity index (χ1v) is 11.7. The zero-order valence-corrected chi connectivity index (χ0v) is 18.9. The number of carboxylic acid groups (broad SMARTS) is 1. The summed E-state index contributed by atoms with van der Waals surface area (Å²) in [4.78, 5) is 46.7. The van der Waals surface area contributed by atoms with Gasteiger partial charge in [0.15, 0.2) is 0 Å². The number of unbranched alkanes of at least 4 members (excludes halogenated alkanes) is 1. The van der Waals surface area contributed by atoms with Crippen LogP contribution in [0.1, 0.15) is 45.4 Å². The Bertz CT molecular complexity index is 759. The van der Waals surface area contributed by atoms with Crippen LogP contribution in [-0.4, -0.2) is 83.1 Å². The third kappa shape index (κ3) is 6.58. The van der Waals surface area contributed by atoms with Gasteiger partial charge in [0.05, 0.1) is 0 Å². The lowest BCUT2D eigenvalue weighted by molar-refractivity contribution is -0.135. The average Bonchev–Trinajstić information content (AvgIpc) is 2.82. The standard InChI is InChI=1S/C23H35N5O4/c1-2-3-4-21(29)27-11-7-18(8-12-27)17-20(25-23(31)32)22(30)28-15-13-26(14-16-28)19-5-9-24-10-6-19/h5-6,9-10,18,20,25H,2-4,7-8,11-17H2,1H3,(H,31,32)/t20-/m0/s1. The molecule has 32 heavy (non-hydrogen) atoms. The van der Waals surface area contributed by atoms with Crippen LogP contribution in [0.4, 0.5) is 10.5 Å². The molecule has 1 aromatic rings. The van der Waals surface area contributed by atoms with Crippen molar-refractivity contribution in [3.8, 4) is 0 Å². The number of likely N-dealkylation sites (tertiary alicyclic amines) is 1. The first kappa shape index (κ1) is 23.8. The van der Waals surface area contributed by atoms with Crippen molar-refractivity contribution in [1.29, 1.82) is 0 Å². The van der Waals surface area contributed by atoms with Gasteiger partial charge in [-0.3, -0.25) is 14.6 Å². The zero-order valence-electron chi connectivity index (χ0n) is 18.9. The van der Waals surface area contributed by atoms with Gasteiger partial charge in [0.2, 0.25) is 11.8 Å². The molecule has 3 amide bonds. The van der Waals surface area contributed by atoms with E-state index in [0.29, 0.717) is 52.1 Å². The zero-order chi connectivity index (χ0) is 22.9. The third-order valence-electron chi connectivity index (χ3n) is 6.50. The Morgan fingerprint density at radius 2 is 1.72 bits per heavy atom. The van der Waals surface area contributed by atoms with Crippen LogP contribution < -0.4 is 10.2 Å². The molecule has 0 unspecified atom stereocenters. The van der Waals surface area contributed by atoms with Crippen molar-refractivity contribution in [3.63, 3.8) is 0 Å². The Hall–Kier alpha value is -2.84. The van der Waals surface area contributed by atoms with Gasteiger partial charge in [-0.05, 0) is 43.7 Å². The van der Waals surface area contributed by atoms with Gasteiger partial charge < -0.3 is 25.1 Å². The Labute approximate surface area is 189 Å². The molecule has 0 aromatic carbocycles. The number of piperidine rings is 1. The lowest BCUT2D eigenvalue weighted by atomic mass is 9.89. The van der Waals surface area contributed by atoms with Crippen LogP contribution in [0.2, 0.25) is 0 Å². The van der Waals surface area contributed by atoms with E-state index in [4.69, 9.17) is 0 Å². The van der Waals surface area contributed by atoms with E-state index in [1.807, 2.05) is 17.0 Å². The van der Waals surface area contributed by atoms with Crippen LogP contribution in [0.5, 0.6) is 0 Å². The normalized spacial score (nSPS) is 18.3. The number of amides is 3. The number of carbonyl (C=O) groups excluding carboxylic acids is 2. The quantitative estimate of drug-likeness (QED) is 0.635. The number of hydrogen-bond donors (Lipinski definition) is 2. The van der Waals surface area contributed by atoms with Crippen molar-refractivity contribution in [2.45, 2.75) is 51.5 Å². The molecule has 0 radical (unpaired) electrons. The first-order valence-electron chi connectivity index (χ1n) is 11.7. The van der Waals surface area contributed by atoms with Gasteiger partial charge in [-0.25, -0.2) is 4.79 Å². The fraction of sp³-hybridized carbons (Fsp3) is 0.652. The minimum absolute atomic E-state index is 0.150. The third-order valence-corrected chi connectivity index (χ3v) is 6.50. The summed E-state index contributed by atoms with van der Waals surface area (Å²) in [6, 6.07) is 3.16. The van der Waals surface area contributed by atoms with Gasteiger partial charge in [0, 0.05) is 63.8 Å². The molecule has 3 rings (SSSR count). The van der Waals surface area contributed by atoms with E-state index < -0.39 is 12.1 Å². The van der Waals surface area contributed by atoms with Crippen molar-refractivity contribution < 1.29 is 19.5 Å². The van der Waals surface area contributed by atoms with Crippen molar-refractivity contribution in [2.24, 2.45) is 5.92 Å². The molecule has 9 heteroatoms. The largest absolute Gasteiger partial charge is 0.465 e. The summed E-state index contributed by atoms with van der Waals surface area (Å²) in [6.07, 6.45) is 6.92. The minimum atomic E-state index is -1.18. The number of hydrogen-bond acceptors (Lipinski definition) is 5. The summed E-state index contributed by atoms with van der Waals surface area (Å²) in [5.74, 6) is 0.279. The lowest BCUT2D eigenvalue weighted by Gasteiger charge is -2.38. The molecule has 1 aromatic heterocycles. The number of nitrogens with one attached hydrogen (secondary N) is 1. The van der Waals surface area contributed by atoms with E-state index in [0.717, 1.165) is 31.4 Å². The predicted octanol–water partition coefficient (Wildman–Crippen LogP) is 2.19. The number of carbonyl (C=O) groups is 3. The second-order valence-electron chi connectivity index (χ2n) is 8.68. The molecule has 3 heterocycles. The topological polar surface area (TPSA) is 106 Å². The molecule has 2 aliphatic rings. The molecule has 2 saturated heterocycles. The average molecular weight is 446 g/mol. The number of piperazine rings is 1. The highest BCUT2D eigenvalue weighted by Crippen LogP contribution is 2.24. The van der Waals surface area contributed by atoms with Gasteiger partial charge in [-0.15, -0.1) is 0 Å². The Balaban J connectivity index is 1.51. The van der Waals surface area contributed by atoms with E-state index in [-0.39, 0.29) is 17.7 Å². The van der Waals surface area contributed by atoms with Crippen LogP contribution in [0.15, 0.2) is 24.5 Å². The summed E-state index contributed by atoms with van der Waals surface area (Å²) in [5.41, 5.74) is 1.08. The fourth-order valence-electron chi connectivity index (χ4n) is 4.57. The van der Waals surface area contributed by atoms with Crippen LogP contribution in [-0.2, 0) is 9.59 Å². The number of rotatable bonds is 8. The smallest absolute Gasteiger partial charge is 0.405 e. The maximum atomic E-state index is 13.1. The van der Waals surface area contributed by atoms with Crippen LogP contribution in [0, 0.1) is 5.92 Å². The molecule has 0 bridgehead atoms. The van der Waals surface area contributed by atoms with E-state index >= 15 is 0 Å². The molecule has 176 valence electrons. The molecular weight excluding hydrogens is 410 g/mol. The molecule has 0 spiro atoms. The highest BCUT2D eigenvalue weighted by Gasteiger charge is 2.32. The molecule has 1 atom stereocenters. The van der Waals surface area contributed by atoms with Crippen molar-refractivity contribution in [1.82, 2.24) is 20.1 Å². The molecule has 2 fully saturated rings. The van der Waals surface area contributed by atoms with Crippen molar-refractivity contribution in [2.75, 3.05) is 44.2 Å². The SMILES string of the molecule is CCCCC(=O)N1CCC(C[C@H](NC(=O)O)C(=O)N2CCN(c3ccncc3)CC2)CC1. The van der Waals surface area contributed by atoms with Crippen molar-refractivity contribution >= 4 is 23.6 Å². The number of aromatic nitrogens is 1. The van der Waals surface area contributed by atoms with Gasteiger partial charge in [0.25, 0.3) is 0 Å². The molecule has 0 aliphatic carbocycles. The maximum Gasteiger partial charge on any atom is 0.405 e. The van der Waals surface area contributed by atoms with Gasteiger partial charge in [-0.1, -0.05) is 13.3 Å². The minimum Gasteiger partial charge on any atom is -0.465 e. The van der Waals surface area contributed by atoms with Crippen LogP contribution in [0.25, 0.3) is 0 Å². The molecule has 9 nitrogen and oxygen atoms in total.